The summed E-state index contributed by atoms with van der Waals surface area (Å²) in [6.07, 6.45) is 0. The summed E-state index contributed by atoms with van der Waals surface area (Å²) in [5.41, 5.74) is 2.23. The summed E-state index contributed by atoms with van der Waals surface area (Å²) >= 11 is 3.39. The lowest BCUT2D eigenvalue weighted by Crippen LogP contribution is -2.16. The van der Waals surface area contributed by atoms with Crippen molar-refractivity contribution in [3.63, 3.8) is 0 Å². The lowest BCUT2D eigenvalue weighted by Gasteiger charge is -2.13. The Morgan fingerprint density at radius 1 is 1.00 bits per heavy atom. The van der Waals surface area contributed by atoms with Crippen molar-refractivity contribution >= 4 is 27.5 Å². The van der Waals surface area contributed by atoms with Gasteiger partial charge in [0, 0.05) is 4.47 Å². The first-order valence-corrected chi connectivity index (χ1v) is 9.00. The molecule has 2 aromatic carbocycles. The van der Waals surface area contributed by atoms with Crippen molar-refractivity contribution in [3.05, 3.63) is 70.0 Å². The molecule has 138 valence electrons. The molecule has 0 aliphatic rings. The molecule has 1 aromatic heterocycles. The van der Waals surface area contributed by atoms with Crippen molar-refractivity contribution < 1.29 is 14.3 Å². The van der Waals surface area contributed by atoms with Crippen LogP contribution in [0.15, 0.2) is 53.0 Å². The van der Waals surface area contributed by atoms with Gasteiger partial charge in [0.15, 0.2) is 0 Å². The predicted octanol–water partition coefficient (Wildman–Crippen LogP) is 4.91. The summed E-state index contributed by atoms with van der Waals surface area (Å²) < 4.78 is 11.5. The molecule has 0 radical (unpaired) electrons. The Morgan fingerprint density at radius 2 is 1.67 bits per heavy atom. The summed E-state index contributed by atoms with van der Waals surface area (Å²) in [6, 6.07) is 14.7. The van der Waals surface area contributed by atoms with E-state index >= 15 is 0 Å². The number of anilines is 1. The molecule has 0 saturated heterocycles. The zero-order valence-electron chi connectivity index (χ0n) is 15.1. The van der Waals surface area contributed by atoms with Gasteiger partial charge in [-0.05, 0) is 60.1 Å². The normalized spacial score (nSPS) is 10.4. The number of benzene rings is 2. The second-order valence-electron chi connectivity index (χ2n) is 5.77. The van der Waals surface area contributed by atoms with E-state index in [4.69, 9.17) is 9.47 Å². The number of halogens is 1. The van der Waals surface area contributed by atoms with E-state index in [1.165, 1.54) is 0 Å². The lowest BCUT2D eigenvalue weighted by molar-refractivity contribution is 0.102. The number of nitrogens with one attached hydrogen (secondary N) is 1. The largest absolute Gasteiger partial charge is 0.497 e. The van der Waals surface area contributed by atoms with Gasteiger partial charge >= 0.3 is 6.01 Å². The number of hydrogen-bond acceptors (Lipinski definition) is 5. The molecular formula is C20H18BrN3O3. The zero-order valence-corrected chi connectivity index (χ0v) is 16.7. The topological polar surface area (TPSA) is 73.3 Å². The van der Waals surface area contributed by atoms with E-state index in [0.717, 1.165) is 0 Å². The van der Waals surface area contributed by atoms with Crippen molar-refractivity contribution in [2.24, 2.45) is 0 Å². The molecule has 0 bridgehead atoms. The molecule has 0 unspecified atom stereocenters. The van der Waals surface area contributed by atoms with Crippen molar-refractivity contribution in [2.75, 3.05) is 12.4 Å². The number of aromatic nitrogens is 2. The highest BCUT2D eigenvalue weighted by Crippen LogP contribution is 2.26. The van der Waals surface area contributed by atoms with Crippen LogP contribution in [-0.4, -0.2) is 23.0 Å². The molecule has 0 spiro atoms. The standard InChI is InChI=1S/C20H18BrN3O3/c1-12-18(24-19(25)16-11-15(26-3)9-10-17(16)21)13(2)23-20(22-12)27-14-7-5-4-6-8-14/h4-11H,1-3H3,(H,24,25). The first kappa shape index (κ1) is 18.8. The van der Waals surface area contributed by atoms with Crippen molar-refractivity contribution in [1.29, 1.82) is 0 Å². The van der Waals surface area contributed by atoms with Gasteiger partial charge < -0.3 is 14.8 Å². The lowest BCUT2D eigenvalue weighted by atomic mass is 10.2. The first-order chi connectivity index (χ1) is 13.0. The van der Waals surface area contributed by atoms with Crippen LogP contribution in [0.4, 0.5) is 5.69 Å². The number of methoxy groups -OCH3 is 1. The highest BCUT2D eigenvalue weighted by atomic mass is 79.9. The van der Waals surface area contributed by atoms with E-state index < -0.39 is 0 Å². The van der Waals surface area contributed by atoms with Gasteiger partial charge in [-0.3, -0.25) is 4.79 Å². The van der Waals surface area contributed by atoms with Crippen LogP contribution in [0.5, 0.6) is 17.5 Å². The Morgan fingerprint density at radius 3 is 2.30 bits per heavy atom. The highest BCUT2D eigenvalue weighted by molar-refractivity contribution is 9.10. The number of carbonyl (C=O) groups excluding carboxylic acids is 1. The number of nitrogens with zero attached hydrogens (tertiary/aromatic N) is 2. The number of hydrogen-bond donors (Lipinski definition) is 1. The summed E-state index contributed by atoms with van der Waals surface area (Å²) in [5, 5.41) is 2.87. The minimum atomic E-state index is -0.285. The highest BCUT2D eigenvalue weighted by Gasteiger charge is 2.16. The maximum absolute atomic E-state index is 12.7. The monoisotopic (exact) mass is 427 g/mol. The smallest absolute Gasteiger partial charge is 0.322 e. The van der Waals surface area contributed by atoms with Gasteiger partial charge in [-0.25, -0.2) is 0 Å². The van der Waals surface area contributed by atoms with Crippen LogP contribution in [0.3, 0.4) is 0 Å². The Balaban J connectivity index is 1.84. The Labute approximate surface area is 165 Å². The van der Waals surface area contributed by atoms with Crippen LogP contribution in [0.1, 0.15) is 21.7 Å². The fourth-order valence-electron chi connectivity index (χ4n) is 2.49. The van der Waals surface area contributed by atoms with E-state index in [1.54, 1.807) is 39.2 Å². The number of carbonyl (C=O) groups is 1. The number of rotatable bonds is 5. The molecule has 1 N–H and O–H groups in total. The van der Waals surface area contributed by atoms with Crippen LogP contribution in [0.25, 0.3) is 0 Å². The second-order valence-corrected chi connectivity index (χ2v) is 6.62. The molecule has 0 saturated carbocycles. The quantitative estimate of drug-likeness (QED) is 0.625. The van der Waals surface area contributed by atoms with Gasteiger partial charge in [-0.1, -0.05) is 18.2 Å². The fraction of sp³-hybridized carbons (Fsp3) is 0.150. The molecule has 0 fully saturated rings. The Hall–Kier alpha value is -2.93. The van der Waals surface area contributed by atoms with Gasteiger partial charge in [-0.2, -0.15) is 9.97 Å². The molecule has 0 aliphatic carbocycles. The third-order valence-corrected chi connectivity index (χ3v) is 4.55. The number of amides is 1. The minimum absolute atomic E-state index is 0.233. The van der Waals surface area contributed by atoms with Crippen molar-refractivity contribution in [2.45, 2.75) is 13.8 Å². The third kappa shape index (κ3) is 4.43. The summed E-state index contributed by atoms with van der Waals surface area (Å²) in [4.78, 5) is 21.4. The predicted molar refractivity (Wildman–Crippen MR) is 107 cm³/mol. The van der Waals surface area contributed by atoms with Crippen LogP contribution < -0.4 is 14.8 Å². The average Bonchev–Trinajstić information content (AvgIpc) is 2.66. The fourth-order valence-corrected chi connectivity index (χ4v) is 2.92. The van der Waals surface area contributed by atoms with E-state index in [1.807, 2.05) is 30.3 Å². The molecule has 1 heterocycles. The van der Waals surface area contributed by atoms with Gasteiger partial charge in [0.1, 0.15) is 11.5 Å². The molecule has 0 aliphatic heterocycles. The first-order valence-electron chi connectivity index (χ1n) is 8.21. The molecule has 0 atom stereocenters. The van der Waals surface area contributed by atoms with Gasteiger partial charge in [0.25, 0.3) is 5.91 Å². The molecule has 1 amide bonds. The third-order valence-electron chi connectivity index (χ3n) is 3.86. The van der Waals surface area contributed by atoms with Crippen molar-refractivity contribution in [1.82, 2.24) is 9.97 Å². The molecule has 3 aromatic rings. The summed E-state index contributed by atoms with van der Waals surface area (Å²) in [6.45, 7) is 3.59. The van der Waals surface area contributed by atoms with Crippen LogP contribution >= 0.6 is 15.9 Å². The molecule has 6 nitrogen and oxygen atoms in total. The number of para-hydroxylation sites is 1. The van der Waals surface area contributed by atoms with Crippen LogP contribution in [-0.2, 0) is 0 Å². The van der Waals surface area contributed by atoms with Gasteiger partial charge in [0.2, 0.25) is 0 Å². The maximum atomic E-state index is 12.7. The van der Waals surface area contributed by atoms with E-state index in [-0.39, 0.29) is 11.9 Å². The van der Waals surface area contributed by atoms with E-state index in [0.29, 0.717) is 38.6 Å². The Bertz CT molecular complexity index is 954. The molecule has 3 rings (SSSR count). The van der Waals surface area contributed by atoms with Crippen LogP contribution in [0, 0.1) is 13.8 Å². The number of ether oxygens (including phenoxy) is 2. The van der Waals surface area contributed by atoms with Crippen molar-refractivity contribution in [3.8, 4) is 17.5 Å². The van der Waals surface area contributed by atoms with E-state index in [2.05, 4.69) is 31.2 Å². The minimum Gasteiger partial charge on any atom is -0.497 e. The maximum Gasteiger partial charge on any atom is 0.322 e. The summed E-state index contributed by atoms with van der Waals surface area (Å²) in [5.74, 6) is 0.959. The average molecular weight is 428 g/mol. The van der Waals surface area contributed by atoms with Crippen LogP contribution in [0.2, 0.25) is 0 Å². The molecular weight excluding hydrogens is 410 g/mol. The molecule has 7 heteroatoms. The number of aryl methyl sites for hydroxylation is 2. The molecule has 27 heavy (non-hydrogen) atoms. The summed E-state index contributed by atoms with van der Waals surface area (Å²) in [7, 11) is 1.55. The SMILES string of the molecule is COc1ccc(Br)c(C(=O)Nc2c(C)nc(Oc3ccccc3)nc2C)c1. The van der Waals surface area contributed by atoms with Gasteiger partial charge in [0.05, 0.1) is 29.7 Å². The second kappa shape index (κ2) is 8.18. The Kier molecular flexibility index (Phi) is 5.71. The van der Waals surface area contributed by atoms with E-state index in [9.17, 15) is 4.79 Å². The van der Waals surface area contributed by atoms with Gasteiger partial charge in [-0.15, -0.1) is 0 Å². The zero-order chi connectivity index (χ0) is 19.4.